The van der Waals surface area contributed by atoms with E-state index in [2.05, 4.69) is 29.3 Å². The molecule has 2 heterocycles. The first kappa shape index (κ1) is 14.3. The number of nitrogens with zero attached hydrogens (tertiary/aromatic N) is 3. The lowest BCUT2D eigenvalue weighted by atomic mass is 10.1. The van der Waals surface area contributed by atoms with Gasteiger partial charge in [-0.3, -0.25) is 4.90 Å². The van der Waals surface area contributed by atoms with E-state index in [1.165, 1.54) is 24.8 Å². The molecule has 0 radical (unpaired) electrons. The van der Waals surface area contributed by atoms with Crippen molar-refractivity contribution in [2.75, 3.05) is 27.2 Å². The summed E-state index contributed by atoms with van der Waals surface area (Å²) in [4.78, 5) is 2.44. The number of hydrogen-bond acceptors (Lipinski definition) is 4. The van der Waals surface area contributed by atoms with Gasteiger partial charge < -0.3 is 10.1 Å². The SMILES string of the molecule is COc1c(CN(C)C2CCCNCC2)c(C)nn1C. The van der Waals surface area contributed by atoms with Crippen LogP contribution >= 0.6 is 0 Å². The van der Waals surface area contributed by atoms with Crippen LogP contribution in [0, 0.1) is 6.92 Å². The van der Waals surface area contributed by atoms with Gasteiger partial charge in [0.05, 0.1) is 18.4 Å². The molecule has 1 atom stereocenters. The van der Waals surface area contributed by atoms with Crippen molar-refractivity contribution in [1.82, 2.24) is 20.0 Å². The highest BCUT2D eigenvalue weighted by Crippen LogP contribution is 2.24. The predicted molar refractivity (Wildman–Crippen MR) is 76.5 cm³/mol. The molecule has 0 spiro atoms. The summed E-state index contributed by atoms with van der Waals surface area (Å²) in [5.41, 5.74) is 2.28. The second kappa shape index (κ2) is 6.39. The Kier molecular flexibility index (Phi) is 4.82. The van der Waals surface area contributed by atoms with Gasteiger partial charge in [-0.15, -0.1) is 0 Å². The topological polar surface area (TPSA) is 42.3 Å². The third-order valence-electron chi connectivity index (χ3n) is 4.06. The van der Waals surface area contributed by atoms with Crippen LogP contribution in [0.25, 0.3) is 0 Å². The highest BCUT2D eigenvalue weighted by molar-refractivity contribution is 5.30. The minimum Gasteiger partial charge on any atom is -0.481 e. The Bertz CT molecular complexity index is 408. The number of ether oxygens (including phenoxy) is 1. The maximum atomic E-state index is 5.47. The van der Waals surface area contributed by atoms with Crippen LogP contribution in [-0.4, -0.2) is 48.0 Å². The summed E-state index contributed by atoms with van der Waals surface area (Å²) in [6, 6.07) is 0.652. The van der Waals surface area contributed by atoms with Crippen LogP contribution in [0.1, 0.15) is 30.5 Å². The largest absolute Gasteiger partial charge is 0.481 e. The summed E-state index contributed by atoms with van der Waals surface area (Å²) in [6.07, 6.45) is 3.75. The summed E-state index contributed by atoms with van der Waals surface area (Å²) in [5.74, 6) is 0.885. The Hall–Kier alpha value is -1.07. The molecule has 2 rings (SSSR count). The van der Waals surface area contributed by atoms with Gasteiger partial charge in [-0.05, 0) is 46.3 Å². The minimum atomic E-state index is 0.652. The Morgan fingerprint density at radius 2 is 2.21 bits per heavy atom. The van der Waals surface area contributed by atoms with Crippen LogP contribution in [0.3, 0.4) is 0 Å². The molecule has 0 aromatic carbocycles. The number of hydrogen-bond donors (Lipinski definition) is 1. The van der Waals surface area contributed by atoms with Crippen molar-refractivity contribution < 1.29 is 4.74 Å². The molecule has 1 aromatic rings. The number of nitrogens with one attached hydrogen (secondary N) is 1. The number of rotatable bonds is 4. The molecule has 5 nitrogen and oxygen atoms in total. The molecule has 1 aliphatic rings. The summed E-state index contributed by atoms with van der Waals surface area (Å²) in [5, 5.41) is 7.92. The van der Waals surface area contributed by atoms with Gasteiger partial charge in [0.25, 0.3) is 0 Å². The zero-order valence-electron chi connectivity index (χ0n) is 12.6. The standard InChI is InChI=1S/C14H26N4O/c1-11-13(14(19-4)18(3)16-11)10-17(2)12-6-5-8-15-9-7-12/h12,15H,5-10H2,1-4H3. The van der Waals surface area contributed by atoms with E-state index in [-0.39, 0.29) is 0 Å². The molecule has 0 saturated carbocycles. The molecule has 1 aliphatic heterocycles. The lowest BCUT2D eigenvalue weighted by Crippen LogP contribution is -2.32. The Morgan fingerprint density at radius 1 is 1.42 bits per heavy atom. The van der Waals surface area contributed by atoms with Gasteiger partial charge in [0.2, 0.25) is 5.88 Å². The van der Waals surface area contributed by atoms with E-state index >= 15 is 0 Å². The molecule has 0 bridgehead atoms. The molecule has 0 amide bonds. The van der Waals surface area contributed by atoms with Crippen LogP contribution < -0.4 is 10.1 Å². The molecule has 108 valence electrons. The van der Waals surface area contributed by atoms with E-state index in [9.17, 15) is 0 Å². The highest BCUT2D eigenvalue weighted by Gasteiger charge is 2.21. The Labute approximate surface area is 115 Å². The average Bonchev–Trinajstić information content (AvgIpc) is 2.61. The first-order valence-electron chi connectivity index (χ1n) is 7.11. The molecular weight excluding hydrogens is 240 g/mol. The van der Waals surface area contributed by atoms with Crippen molar-refractivity contribution in [3.8, 4) is 5.88 Å². The van der Waals surface area contributed by atoms with E-state index in [4.69, 9.17) is 4.74 Å². The van der Waals surface area contributed by atoms with Crippen molar-refractivity contribution in [2.24, 2.45) is 7.05 Å². The second-order valence-corrected chi connectivity index (χ2v) is 5.45. The summed E-state index contributed by atoms with van der Waals surface area (Å²) >= 11 is 0. The summed E-state index contributed by atoms with van der Waals surface area (Å²) < 4.78 is 7.30. The van der Waals surface area contributed by atoms with E-state index in [1.54, 1.807) is 7.11 Å². The van der Waals surface area contributed by atoms with Crippen LogP contribution in [-0.2, 0) is 13.6 Å². The first-order valence-corrected chi connectivity index (χ1v) is 7.11. The molecule has 19 heavy (non-hydrogen) atoms. The lowest BCUT2D eigenvalue weighted by Gasteiger charge is -2.26. The second-order valence-electron chi connectivity index (χ2n) is 5.45. The normalized spacial score (nSPS) is 20.6. The zero-order chi connectivity index (χ0) is 13.8. The highest BCUT2D eigenvalue weighted by atomic mass is 16.5. The van der Waals surface area contributed by atoms with Crippen molar-refractivity contribution >= 4 is 0 Å². The van der Waals surface area contributed by atoms with Gasteiger partial charge in [0.15, 0.2) is 0 Å². The monoisotopic (exact) mass is 266 g/mol. The number of aromatic nitrogens is 2. The fraction of sp³-hybridized carbons (Fsp3) is 0.786. The van der Waals surface area contributed by atoms with E-state index in [0.29, 0.717) is 6.04 Å². The molecule has 1 unspecified atom stereocenters. The quantitative estimate of drug-likeness (QED) is 0.892. The van der Waals surface area contributed by atoms with Crippen molar-refractivity contribution in [3.63, 3.8) is 0 Å². The number of methoxy groups -OCH3 is 1. The minimum absolute atomic E-state index is 0.652. The lowest BCUT2D eigenvalue weighted by molar-refractivity contribution is 0.213. The van der Waals surface area contributed by atoms with Gasteiger partial charge in [-0.25, -0.2) is 4.68 Å². The molecular formula is C14H26N4O. The van der Waals surface area contributed by atoms with Gasteiger partial charge in [-0.1, -0.05) is 0 Å². The van der Waals surface area contributed by atoms with Crippen molar-refractivity contribution in [3.05, 3.63) is 11.3 Å². The molecule has 1 fully saturated rings. The van der Waals surface area contributed by atoms with Crippen LogP contribution in [0.15, 0.2) is 0 Å². The predicted octanol–water partition coefficient (Wildman–Crippen LogP) is 1.31. The van der Waals surface area contributed by atoms with Crippen LogP contribution in [0.4, 0.5) is 0 Å². The molecule has 5 heteroatoms. The summed E-state index contributed by atoms with van der Waals surface area (Å²) in [7, 11) is 5.86. The molecule has 0 aliphatic carbocycles. The van der Waals surface area contributed by atoms with E-state index in [0.717, 1.165) is 31.2 Å². The third kappa shape index (κ3) is 3.28. The van der Waals surface area contributed by atoms with Crippen LogP contribution in [0.5, 0.6) is 5.88 Å². The first-order chi connectivity index (χ1) is 9.13. The van der Waals surface area contributed by atoms with Crippen LogP contribution in [0.2, 0.25) is 0 Å². The van der Waals surface area contributed by atoms with E-state index in [1.807, 2.05) is 11.7 Å². The molecule has 1 aromatic heterocycles. The van der Waals surface area contributed by atoms with Gasteiger partial charge in [-0.2, -0.15) is 5.10 Å². The maximum Gasteiger partial charge on any atom is 0.216 e. The number of aryl methyl sites for hydroxylation is 2. The molecule has 1 saturated heterocycles. The fourth-order valence-electron chi connectivity index (χ4n) is 2.94. The summed E-state index contributed by atoms with van der Waals surface area (Å²) in [6.45, 7) is 5.24. The van der Waals surface area contributed by atoms with Crippen molar-refractivity contribution in [2.45, 2.75) is 38.8 Å². The van der Waals surface area contributed by atoms with E-state index < -0.39 is 0 Å². The van der Waals surface area contributed by atoms with Gasteiger partial charge >= 0.3 is 0 Å². The van der Waals surface area contributed by atoms with Gasteiger partial charge in [0.1, 0.15) is 0 Å². The zero-order valence-corrected chi connectivity index (χ0v) is 12.6. The fourth-order valence-corrected chi connectivity index (χ4v) is 2.94. The van der Waals surface area contributed by atoms with Gasteiger partial charge in [0, 0.05) is 19.6 Å². The third-order valence-corrected chi connectivity index (χ3v) is 4.06. The Balaban J connectivity index is 2.07. The molecule has 1 N–H and O–H groups in total. The van der Waals surface area contributed by atoms with Crippen molar-refractivity contribution in [1.29, 1.82) is 0 Å². The average molecular weight is 266 g/mol. The maximum absolute atomic E-state index is 5.47. The smallest absolute Gasteiger partial charge is 0.216 e. The Morgan fingerprint density at radius 3 is 2.95 bits per heavy atom.